The van der Waals surface area contributed by atoms with Crippen molar-refractivity contribution in [2.75, 3.05) is 6.54 Å². The first-order chi connectivity index (χ1) is 14.3. The molecule has 5 nitrogen and oxygen atoms in total. The van der Waals surface area contributed by atoms with Gasteiger partial charge in [-0.05, 0) is 42.7 Å². The molecule has 0 fully saturated rings. The molecule has 3 aromatic carbocycles. The monoisotopic (exact) mass is 384 g/mol. The molecule has 4 aromatic rings. The lowest BCUT2D eigenvalue weighted by molar-refractivity contribution is 0.0953. The van der Waals surface area contributed by atoms with Crippen LogP contribution in [0, 0.1) is 0 Å². The summed E-state index contributed by atoms with van der Waals surface area (Å²) < 4.78 is 1.82. The highest BCUT2D eigenvalue weighted by Gasteiger charge is 2.15. The first kappa shape index (κ1) is 18.9. The van der Waals surface area contributed by atoms with Gasteiger partial charge >= 0.3 is 0 Å². The van der Waals surface area contributed by atoms with Gasteiger partial charge in [0.15, 0.2) is 0 Å². The number of nitrogens with zero attached hydrogens (tertiary/aromatic N) is 3. The zero-order chi connectivity index (χ0) is 20.1. The topological polar surface area (TPSA) is 59.8 Å². The fourth-order valence-electron chi connectivity index (χ4n) is 3.68. The summed E-state index contributed by atoms with van der Waals surface area (Å²) >= 11 is 0. The van der Waals surface area contributed by atoms with Crippen molar-refractivity contribution in [2.24, 2.45) is 0 Å². The number of carbonyl (C=O) groups is 1. The second kappa shape index (κ2) is 8.69. The predicted molar refractivity (Wildman–Crippen MR) is 115 cm³/mol. The minimum atomic E-state index is -0.0854. The third-order valence-electron chi connectivity index (χ3n) is 5.20. The molecule has 1 N–H and O–H groups in total. The molecule has 0 saturated carbocycles. The molecular weight excluding hydrogens is 360 g/mol. The third-order valence-corrected chi connectivity index (χ3v) is 5.20. The summed E-state index contributed by atoms with van der Waals surface area (Å²) in [5.41, 5.74) is 4.80. The molecule has 0 saturated heterocycles. The Balaban J connectivity index is 1.45. The summed E-state index contributed by atoms with van der Waals surface area (Å²) in [5, 5.41) is 11.3. The summed E-state index contributed by atoms with van der Waals surface area (Å²) in [4.78, 5) is 12.7. The van der Waals surface area contributed by atoms with Crippen molar-refractivity contribution in [2.45, 2.75) is 25.8 Å². The Bertz CT molecular complexity index is 1050. The molecule has 0 aliphatic carbocycles. The number of benzene rings is 3. The van der Waals surface area contributed by atoms with E-state index in [0.29, 0.717) is 12.1 Å². The van der Waals surface area contributed by atoms with Gasteiger partial charge in [0.1, 0.15) is 5.52 Å². The van der Waals surface area contributed by atoms with Crippen molar-refractivity contribution < 1.29 is 4.79 Å². The minimum absolute atomic E-state index is 0.0854. The van der Waals surface area contributed by atoms with Crippen LogP contribution in [0.5, 0.6) is 0 Å². The fourth-order valence-corrected chi connectivity index (χ4v) is 3.68. The van der Waals surface area contributed by atoms with E-state index in [9.17, 15) is 4.79 Å². The molecule has 0 radical (unpaired) electrons. The smallest absolute Gasteiger partial charge is 0.251 e. The second-order valence-corrected chi connectivity index (χ2v) is 7.03. The van der Waals surface area contributed by atoms with Crippen LogP contribution in [0.1, 0.15) is 40.7 Å². The van der Waals surface area contributed by atoms with Gasteiger partial charge in [0, 0.05) is 24.6 Å². The zero-order valence-corrected chi connectivity index (χ0v) is 16.5. The van der Waals surface area contributed by atoms with Gasteiger partial charge in [0.25, 0.3) is 5.91 Å². The molecule has 0 spiro atoms. The quantitative estimate of drug-likeness (QED) is 0.514. The molecule has 4 rings (SSSR count). The lowest BCUT2D eigenvalue weighted by Gasteiger charge is -2.18. The maximum atomic E-state index is 12.7. The van der Waals surface area contributed by atoms with E-state index >= 15 is 0 Å². The van der Waals surface area contributed by atoms with E-state index in [1.54, 1.807) is 6.07 Å². The van der Waals surface area contributed by atoms with Crippen LogP contribution in [0.15, 0.2) is 78.9 Å². The van der Waals surface area contributed by atoms with Gasteiger partial charge in [-0.25, -0.2) is 4.68 Å². The Morgan fingerprint density at radius 3 is 2.24 bits per heavy atom. The largest absolute Gasteiger partial charge is 0.352 e. The molecule has 0 aliphatic rings. The van der Waals surface area contributed by atoms with E-state index in [2.05, 4.69) is 64.2 Å². The van der Waals surface area contributed by atoms with Crippen LogP contribution in [0.4, 0.5) is 0 Å². The van der Waals surface area contributed by atoms with Crippen molar-refractivity contribution in [1.82, 2.24) is 20.3 Å². The maximum absolute atomic E-state index is 12.7. The first-order valence-electron chi connectivity index (χ1n) is 9.97. The van der Waals surface area contributed by atoms with Crippen LogP contribution >= 0.6 is 0 Å². The van der Waals surface area contributed by atoms with E-state index in [0.717, 1.165) is 24.0 Å². The number of rotatable bonds is 7. The Morgan fingerprint density at radius 1 is 0.966 bits per heavy atom. The zero-order valence-electron chi connectivity index (χ0n) is 16.5. The lowest BCUT2D eigenvalue weighted by Crippen LogP contribution is -2.25. The van der Waals surface area contributed by atoms with Gasteiger partial charge in [-0.2, -0.15) is 0 Å². The maximum Gasteiger partial charge on any atom is 0.251 e. The average Bonchev–Trinajstić information content (AvgIpc) is 3.20. The van der Waals surface area contributed by atoms with Crippen molar-refractivity contribution in [3.8, 4) is 0 Å². The van der Waals surface area contributed by atoms with Crippen LogP contribution in [0.25, 0.3) is 11.0 Å². The van der Waals surface area contributed by atoms with E-state index < -0.39 is 0 Å². The van der Waals surface area contributed by atoms with Gasteiger partial charge in [-0.15, -0.1) is 5.10 Å². The Labute approximate surface area is 170 Å². The van der Waals surface area contributed by atoms with E-state index in [4.69, 9.17) is 0 Å². The fraction of sp³-hybridized carbons (Fsp3) is 0.208. The van der Waals surface area contributed by atoms with E-state index in [1.807, 2.05) is 35.9 Å². The number of aromatic nitrogens is 3. The molecule has 1 amide bonds. The normalized spacial score (nSPS) is 11.1. The molecule has 1 aromatic heterocycles. The van der Waals surface area contributed by atoms with Crippen LogP contribution in [-0.2, 0) is 6.54 Å². The number of aryl methyl sites for hydroxylation is 1. The standard InChI is InChI=1S/C24H24N4O/c1-2-28-23-14-13-20(17-22(23)26-27-28)24(29)25-16-15-21(18-9-5-3-6-10-18)19-11-7-4-8-12-19/h3-14,17,21H,2,15-16H2,1H3,(H,25,29). The molecule has 0 aliphatic heterocycles. The molecule has 0 atom stereocenters. The van der Waals surface area contributed by atoms with Gasteiger partial charge in [0.2, 0.25) is 0 Å². The Kier molecular flexibility index (Phi) is 5.66. The van der Waals surface area contributed by atoms with Crippen molar-refractivity contribution in [3.05, 3.63) is 95.6 Å². The minimum Gasteiger partial charge on any atom is -0.352 e. The van der Waals surface area contributed by atoms with Crippen LogP contribution in [0.2, 0.25) is 0 Å². The number of carbonyl (C=O) groups excluding carboxylic acids is 1. The van der Waals surface area contributed by atoms with Gasteiger partial charge < -0.3 is 5.32 Å². The summed E-state index contributed by atoms with van der Waals surface area (Å²) in [6, 6.07) is 26.4. The number of fused-ring (bicyclic) bond motifs is 1. The number of hydrogen-bond acceptors (Lipinski definition) is 3. The summed E-state index contributed by atoms with van der Waals surface area (Å²) in [6.45, 7) is 3.36. The Morgan fingerprint density at radius 2 is 1.62 bits per heavy atom. The SMILES string of the molecule is CCn1nnc2cc(C(=O)NCCC(c3ccccc3)c3ccccc3)ccc21. The highest BCUT2D eigenvalue weighted by Crippen LogP contribution is 2.27. The Hall–Kier alpha value is -3.47. The number of hydrogen-bond donors (Lipinski definition) is 1. The van der Waals surface area contributed by atoms with Crippen molar-refractivity contribution in [1.29, 1.82) is 0 Å². The van der Waals surface area contributed by atoms with Crippen LogP contribution in [0.3, 0.4) is 0 Å². The third kappa shape index (κ3) is 4.19. The van der Waals surface area contributed by atoms with E-state index in [1.165, 1.54) is 11.1 Å². The summed E-state index contributed by atoms with van der Waals surface area (Å²) in [5.74, 6) is 0.155. The lowest BCUT2D eigenvalue weighted by atomic mass is 9.88. The molecule has 0 bridgehead atoms. The molecule has 146 valence electrons. The van der Waals surface area contributed by atoms with Crippen LogP contribution in [-0.4, -0.2) is 27.4 Å². The molecule has 0 unspecified atom stereocenters. The van der Waals surface area contributed by atoms with E-state index in [-0.39, 0.29) is 11.8 Å². The van der Waals surface area contributed by atoms with Gasteiger partial charge in [-0.1, -0.05) is 65.9 Å². The number of amides is 1. The highest BCUT2D eigenvalue weighted by atomic mass is 16.1. The number of nitrogens with one attached hydrogen (secondary N) is 1. The van der Waals surface area contributed by atoms with Gasteiger partial charge in [0.05, 0.1) is 5.52 Å². The molecular formula is C24H24N4O. The molecule has 29 heavy (non-hydrogen) atoms. The second-order valence-electron chi connectivity index (χ2n) is 7.03. The van der Waals surface area contributed by atoms with Crippen molar-refractivity contribution >= 4 is 16.9 Å². The van der Waals surface area contributed by atoms with Crippen LogP contribution < -0.4 is 5.32 Å². The summed E-state index contributed by atoms with van der Waals surface area (Å²) in [7, 11) is 0. The van der Waals surface area contributed by atoms with Crippen molar-refractivity contribution in [3.63, 3.8) is 0 Å². The first-order valence-corrected chi connectivity index (χ1v) is 9.97. The summed E-state index contributed by atoms with van der Waals surface area (Å²) in [6.07, 6.45) is 0.827. The molecule has 1 heterocycles. The molecule has 5 heteroatoms. The highest BCUT2D eigenvalue weighted by molar-refractivity contribution is 5.97. The predicted octanol–water partition coefficient (Wildman–Crippen LogP) is 4.40. The van der Waals surface area contributed by atoms with Gasteiger partial charge in [-0.3, -0.25) is 4.79 Å². The average molecular weight is 384 g/mol.